The van der Waals surface area contributed by atoms with Gasteiger partial charge in [-0.25, -0.2) is 0 Å². The van der Waals surface area contributed by atoms with E-state index in [-0.39, 0.29) is 0 Å². The highest BCUT2D eigenvalue weighted by atomic mass is 16.3. The van der Waals surface area contributed by atoms with Gasteiger partial charge >= 0.3 is 0 Å². The molecule has 0 spiro atoms. The summed E-state index contributed by atoms with van der Waals surface area (Å²) in [5.41, 5.74) is 1.04. The van der Waals surface area contributed by atoms with E-state index in [1.165, 1.54) is 31.3 Å². The second-order valence-corrected chi connectivity index (χ2v) is 5.88. The van der Waals surface area contributed by atoms with Gasteiger partial charge in [0, 0.05) is 0 Å². The minimum Gasteiger partial charge on any atom is -0.390 e. The molecule has 0 aromatic carbocycles. The first-order chi connectivity index (χ1) is 6.59. The molecule has 0 saturated heterocycles. The average Bonchev–Trinajstić information content (AvgIpc) is 2.80. The number of fused-ring (bicyclic) bond motifs is 3. The monoisotopic (exact) mass is 192 g/mol. The summed E-state index contributed by atoms with van der Waals surface area (Å²) in [5.74, 6) is 2.94. The summed E-state index contributed by atoms with van der Waals surface area (Å²) in [6.45, 7) is 6.27. The summed E-state index contributed by atoms with van der Waals surface area (Å²) in [4.78, 5) is 0. The highest BCUT2D eigenvalue weighted by Gasteiger charge is 2.57. The van der Waals surface area contributed by atoms with Gasteiger partial charge in [0.25, 0.3) is 0 Å². The molecule has 0 aliphatic heterocycles. The Balaban J connectivity index is 1.94. The van der Waals surface area contributed by atoms with E-state index in [2.05, 4.69) is 6.58 Å². The Bertz CT molecular complexity index is 279. The van der Waals surface area contributed by atoms with Crippen LogP contribution in [-0.2, 0) is 0 Å². The molecule has 0 radical (unpaired) electrons. The summed E-state index contributed by atoms with van der Waals surface area (Å²) in [7, 11) is 0. The Kier molecular flexibility index (Phi) is 1.69. The second-order valence-electron chi connectivity index (χ2n) is 5.88. The van der Waals surface area contributed by atoms with Crippen LogP contribution in [0.15, 0.2) is 12.2 Å². The fraction of sp³-hybridized carbons (Fsp3) is 0.846. The average molecular weight is 192 g/mol. The van der Waals surface area contributed by atoms with Gasteiger partial charge in [-0.05, 0) is 62.7 Å². The van der Waals surface area contributed by atoms with Crippen LogP contribution in [-0.4, -0.2) is 10.7 Å². The highest BCUT2D eigenvalue weighted by Crippen LogP contribution is 2.61. The molecular formula is C13H20O. The lowest BCUT2D eigenvalue weighted by molar-refractivity contribution is 0.00315. The van der Waals surface area contributed by atoms with Crippen LogP contribution in [0.1, 0.15) is 39.0 Å². The smallest absolute Gasteiger partial charge is 0.0656 e. The van der Waals surface area contributed by atoms with Gasteiger partial charge in [0.2, 0.25) is 0 Å². The molecule has 78 valence electrons. The Morgan fingerprint density at radius 1 is 1.43 bits per heavy atom. The largest absolute Gasteiger partial charge is 0.390 e. The lowest BCUT2D eigenvalue weighted by Gasteiger charge is -2.29. The number of rotatable bonds is 0. The molecule has 0 aromatic rings. The van der Waals surface area contributed by atoms with E-state index >= 15 is 0 Å². The van der Waals surface area contributed by atoms with Crippen molar-refractivity contribution in [3.63, 3.8) is 0 Å². The van der Waals surface area contributed by atoms with Crippen LogP contribution in [0, 0.1) is 23.7 Å². The zero-order chi connectivity index (χ0) is 9.92. The van der Waals surface area contributed by atoms with Gasteiger partial charge in [-0.3, -0.25) is 0 Å². The van der Waals surface area contributed by atoms with Crippen LogP contribution in [0.2, 0.25) is 0 Å². The molecule has 0 bridgehead atoms. The zero-order valence-corrected chi connectivity index (χ0v) is 9.00. The molecule has 1 nitrogen and oxygen atoms in total. The maximum absolute atomic E-state index is 10.4. The molecule has 0 heterocycles. The van der Waals surface area contributed by atoms with Crippen LogP contribution in [0.5, 0.6) is 0 Å². The Labute approximate surface area is 86.2 Å². The maximum Gasteiger partial charge on any atom is 0.0656 e. The van der Waals surface area contributed by atoms with E-state index in [0.717, 1.165) is 18.3 Å². The summed E-state index contributed by atoms with van der Waals surface area (Å²) in [5, 5.41) is 10.4. The topological polar surface area (TPSA) is 20.2 Å². The van der Waals surface area contributed by atoms with Crippen molar-refractivity contribution in [1.82, 2.24) is 0 Å². The van der Waals surface area contributed by atoms with E-state index in [0.29, 0.717) is 11.8 Å². The van der Waals surface area contributed by atoms with Gasteiger partial charge in [-0.15, -0.1) is 0 Å². The standard InChI is InChI=1S/C13H20O/c1-8-3-4-9-7-11(9)12-10(8)5-6-13(12,2)14/h9-12,14H,1,3-7H2,2H3. The van der Waals surface area contributed by atoms with Crippen molar-refractivity contribution in [2.45, 2.75) is 44.6 Å². The maximum atomic E-state index is 10.4. The first-order valence-electron chi connectivity index (χ1n) is 5.99. The van der Waals surface area contributed by atoms with Crippen molar-refractivity contribution in [3.8, 4) is 0 Å². The molecule has 3 rings (SSSR count). The first-order valence-corrected chi connectivity index (χ1v) is 5.99. The molecule has 5 atom stereocenters. The predicted molar refractivity (Wildman–Crippen MR) is 56.8 cm³/mol. The molecule has 0 amide bonds. The van der Waals surface area contributed by atoms with Gasteiger partial charge < -0.3 is 5.11 Å². The lowest BCUT2D eigenvalue weighted by Crippen LogP contribution is -2.33. The van der Waals surface area contributed by atoms with Gasteiger partial charge in [-0.1, -0.05) is 12.2 Å². The molecular weight excluding hydrogens is 172 g/mol. The van der Waals surface area contributed by atoms with E-state index < -0.39 is 5.60 Å². The summed E-state index contributed by atoms with van der Waals surface area (Å²) >= 11 is 0. The van der Waals surface area contributed by atoms with E-state index in [1.54, 1.807) is 0 Å². The summed E-state index contributed by atoms with van der Waals surface area (Å²) < 4.78 is 0. The Morgan fingerprint density at radius 2 is 2.21 bits per heavy atom. The minimum atomic E-state index is -0.392. The quantitative estimate of drug-likeness (QED) is 0.585. The molecule has 3 aliphatic rings. The van der Waals surface area contributed by atoms with Gasteiger partial charge in [0.15, 0.2) is 0 Å². The third kappa shape index (κ3) is 1.11. The van der Waals surface area contributed by atoms with E-state index in [9.17, 15) is 5.11 Å². The molecule has 14 heavy (non-hydrogen) atoms. The molecule has 1 N–H and O–H groups in total. The number of aliphatic hydroxyl groups is 1. The molecule has 3 saturated carbocycles. The van der Waals surface area contributed by atoms with E-state index in [4.69, 9.17) is 0 Å². The summed E-state index contributed by atoms with van der Waals surface area (Å²) in [6, 6.07) is 0. The number of allylic oxidation sites excluding steroid dienone is 1. The summed E-state index contributed by atoms with van der Waals surface area (Å²) in [6.07, 6.45) is 6.11. The van der Waals surface area contributed by atoms with Crippen molar-refractivity contribution in [1.29, 1.82) is 0 Å². The van der Waals surface area contributed by atoms with Crippen molar-refractivity contribution >= 4 is 0 Å². The molecule has 3 aliphatic carbocycles. The van der Waals surface area contributed by atoms with Crippen LogP contribution in [0.3, 0.4) is 0 Å². The van der Waals surface area contributed by atoms with Gasteiger partial charge in [0.05, 0.1) is 5.60 Å². The third-order valence-corrected chi connectivity index (χ3v) is 4.91. The van der Waals surface area contributed by atoms with Crippen molar-refractivity contribution < 1.29 is 5.11 Å². The minimum absolute atomic E-state index is 0.392. The number of hydrogen-bond donors (Lipinski definition) is 1. The van der Waals surface area contributed by atoms with Crippen molar-refractivity contribution in [2.24, 2.45) is 23.7 Å². The predicted octanol–water partition coefficient (Wildman–Crippen LogP) is 2.75. The van der Waals surface area contributed by atoms with Gasteiger partial charge in [0.1, 0.15) is 0 Å². The molecule has 0 aromatic heterocycles. The van der Waals surface area contributed by atoms with Crippen LogP contribution in [0.25, 0.3) is 0 Å². The normalized spacial score (nSPS) is 56.3. The Morgan fingerprint density at radius 3 is 3.00 bits per heavy atom. The van der Waals surface area contributed by atoms with Gasteiger partial charge in [-0.2, -0.15) is 0 Å². The number of hydrogen-bond acceptors (Lipinski definition) is 1. The molecule has 5 unspecified atom stereocenters. The second kappa shape index (κ2) is 2.63. The highest BCUT2D eigenvalue weighted by molar-refractivity contribution is 5.17. The fourth-order valence-electron chi connectivity index (χ4n) is 4.04. The lowest BCUT2D eigenvalue weighted by atomic mass is 9.80. The Hall–Kier alpha value is -0.300. The van der Waals surface area contributed by atoms with Crippen molar-refractivity contribution in [3.05, 3.63) is 12.2 Å². The molecule has 1 heteroatoms. The van der Waals surface area contributed by atoms with Crippen LogP contribution >= 0.6 is 0 Å². The molecule has 3 fully saturated rings. The van der Waals surface area contributed by atoms with E-state index in [1.807, 2.05) is 6.92 Å². The van der Waals surface area contributed by atoms with Crippen LogP contribution < -0.4 is 0 Å². The fourth-order valence-corrected chi connectivity index (χ4v) is 4.04. The zero-order valence-electron chi connectivity index (χ0n) is 9.00. The van der Waals surface area contributed by atoms with Crippen molar-refractivity contribution in [2.75, 3.05) is 0 Å². The van der Waals surface area contributed by atoms with Crippen LogP contribution in [0.4, 0.5) is 0 Å². The SMILES string of the molecule is C=C1CCC2CC2C2C1CCC2(C)O. The third-order valence-electron chi connectivity index (χ3n) is 4.91. The first kappa shape index (κ1) is 8.96.